The van der Waals surface area contributed by atoms with Gasteiger partial charge in [-0.15, -0.1) is 0 Å². The van der Waals surface area contributed by atoms with Gasteiger partial charge in [0.1, 0.15) is 11.8 Å². The largest absolute Gasteiger partial charge is 0.484 e. The molecule has 0 unspecified atom stereocenters. The van der Waals surface area contributed by atoms with Crippen LogP contribution in [0.25, 0.3) is 0 Å². The first kappa shape index (κ1) is 22.9. The normalized spacial score (nSPS) is 12.5. The van der Waals surface area contributed by atoms with E-state index in [4.69, 9.17) is 19.3 Å². The van der Waals surface area contributed by atoms with Crippen LogP contribution in [-0.2, 0) is 36.7 Å². The summed E-state index contributed by atoms with van der Waals surface area (Å²) < 4.78 is 15.1. The van der Waals surface area contributed by atoms with Crippen molar-refractivity contribution in [2.45, 2.75) is 25.0 Å². The highest BCUT2D eigenvalue weighted by molar-refractivity contribution is 5.85. The SMILES string of the molecule is COC(=O)[C@@H](Cc1ccccc1)NC(=O)COc1ccc(C[C@H](OC)C(=O)O)cc1. The van der Waals surface area contributed by atoms with E-state index in [1.165, 1.54) is 14.2 Å². The van der Waals surface area contributed by atoms with E-state index in [9.17, 15) is 14.4 Å². The van der Waals surface area contributed by atoms with Crippen LogP contribution in [0.15, 0.2) is 54.6 Å². The third-order valence-corrected chi connectivity index (χ3v) is 4.38. The van der Waals surface area contributed by atoms with Gasteiger partial charge in [0, 0.05) is 20.0 Å². The van der Waals surface area contributed by atoms with Crippen LogP contribution in [0, 0.1) is 0 Å². The molecule has 1 amide bonds. The van der Waals surface area contributed by atoms with Gasteiger partial charge in [0.05, 0.1) is 7.11 Å². The summed E-state index contributed by atoms with van der Waals surface area (Å²) in [5, 5.41) is 11.7. The minimum Gasteiger partial charge on any atom is -0.484 e. The van der Waals surface area contributed by atoms with Gasteiger partial charge in [-0.25, -0.2) is 9.59 Å². The standard InChI is InChI=1S/C22H25NO7/c1-28-19(21(25)26)13-16-8-10-17(11-9-16)30-14-20(24)23-18(22(27)29-2)12-15-6-4-3-5-7-15/h3-11,18-19H,12-14H2,1-2H3,(H,23,24)(H,25,26)/t18-,19+/m1/s1. The number of carboxylic acids is 1. The number of nitrogens with one attached hydrogen (secondary N) is 1. The Morgan fingerprint density at radius 1 is 0.933 bits per heavy atom. The van der Waals surface area contributed by atoms with Crippen molar-refractivity contribution in [2.75, 3.05) is 20.8 Å². The fourth-order valence-electron chi connectivity index (χ4n) is 2.78. The van der Waals surface area contributed by atoms with Crippen LogP contribution in [0.2, 0.25) is 0 Å². The average molecular weight is 415 g/mol. The molecule has 2 aromatic carbocycles. The molecule has 0 aromatic heterocycles. The van der Waals surface area contributed by atoms with E-state index < -0.39 is 30.0 Å². The molecule has 0 saturated carbocycles. The minimum atomic E-state index is -1.04. The van der Waals surface area contributed by atoms with Crippen molar-refractivity contribution in [3.05, 3.63) is 65.7 Å². The molecule has 160 valence electrons. The first-order chi connectivity index (χ1) is 14.4. The maximum absolute atomic E-state index is 12.2. The number of rotatable bonds is 11. The number of hydrogen-bond acceptors (Lipinski definition) is 6. The van der Waals surface area contributed by atoms with E-state index in [1.807, 2.05) is 30.3 Å². The summed E-state index contributed by atoms with van der Waals surface area (Å²) in [7, 11) is 2.61. The van der Waals surface area contributed by atoms with Crippen molar-refractivity contribution in [3.8, 4) is 5.75 Å². The third kappa shape index (κ3) is 7.21. The zero-order valence-corrected chi connectivity index (χ0v) is 16.9. The van der Waals surface area contributed by atoms with Crippen molar-refractivity contribution >= 4 is 17.8 Å². The molecule has 8 heteroatoms. The molecular weight excluding hydrogens is 390 g/mol. The molecule has 0 spiro atoms. The number of benzene rings is 2. The Labute approximate surface area is 174 Å². The monoisotopic (exact) mass is 415 g/mol. The molecule has 0 bridgehead atoms. The Kier molecular flexibility index (Phi) is 8.83. The molecule has 0 aliphatic carbocycles. The molecule has 0 aliphatic heterocycles. The second-order valence-corrected chi connectivity index (χ2v) is 6.53. The first-order valence-electron chi connectivity index (χ1n) is 9.31. The van der Waals surface area contributed by atoms with Crippen LogP contribution in [-0.4, -0.2) is 55.9 Å². The molecule has 0 saturated heterocycles. The Hall–Kier alpha value is -3.39. The van der Waals surface area contributed by atoms with Crippen LogP contribution in [0.3, 0.4) is 0 Å². The average Bonchev–Trinajstić information content (AvgIpc) is 2.76. The molecule has 0 fully saturated rings. The lowest BCUT2D eigenvalue weighted by Crippen LogP contribution is -2.44. The molecule has 2 rings (SSSR count). The Balaban J connectivity index is 1.88. The summed E-state index contributed by atoms with van der Waals surface area (Å²) >= 11 is 0. The molecule has 2 N–H and O–H groups in total. The number of ether oxygens (including phenoxy) is 3. The van der Waals surface area contributed by atoms with Gasteiger partial charge < -0.3 is 24.6 Å². The Morgan fingerprint density at radius 3 is 2.13 bits per heavy atom. The Morgan fingerprint density at radius 2 is 1.57 bits per heavy atom. The van der Waals surface area contributed by atoms with Crippen molar-refractivity contribution in [1.82, 2.24) is 5.32 Å². The minimum absolute atomic E-state index is 0.215. The van der Waals surface area contributed by atoms with Gasteiger partial charge in [-0.1, -0.05) is 42.5 Å². The summed E-state index contributed by atoms with van der Waals surface area (Å²) in [6, 6.07) is 15.1. The fraction of sp³-hybridized carbons (Fsp3) is 0.318. The topological polar surface area (TPSA) is 111 Å². The highest BCUT2D eigenvalue weighted by atomic mass is 16.5. The summed E-state index contributed by atoms with van der Waals surface area (Å²) in [4.78, 5) is 35.3. The Bertz CT molecular complexity index is 836. The molecular formula is C22H25NO7. The van der Waals surface area contributed by atoms with E-state index in [0.717, 1.165) is 11.1 Å². The smallest absolute Gasteiger partial charge is 0.333 e. The highest BCUT2D eigenvalue weighted by Crippen LogP contribution is 2.14. The molecule has 2 atom stereocenters. The number of carbonyl (C=O) groups is 3. The number of amides is 1. The van der Waals surface area contributed by atoms with Crippen LogP contribution in [0.1, 0.15) is 11.1 Å². The number of hydrogen-bond donors (Lipinski definition) is 2. The first-order valence-corrected chi connectivity index (χ1v) is 9.31. The number of carbonyl (C=O) groups excluding carboxylic acids is 2. The molecule has 30 heavy (non-hydrogen) atoms. The predicted octanol–water partition coefficient (Wildman–Crippen LogP) is 1.61. The van der Waals surface area contributed by atoms with Gasteiger partial charge in [-0.3, -0.25) is 4.79 Å². The second-order valence-electron chi connectivity index (χ2n) is 6.53. The van der Waals surface area contributed by atoms with E-state index >= 15 is 0 Å². The van der Waals surface area contributed by atoms with Crippen LogP contribution in [0.5, 0.6) is 5.75 Å². The third-order valence-electron chi connectivity index (χ3n) is 4.38. The van der Waals surface area contributed by atoms with Crippen LogP contribution >= 0.6 is 0 Å². The second kappa shape index (κ2) is 11.6. The van der Waals surface area contributed by atoms with E-state index in [0.29, 0.717) is 12.2 Å². The number of aliphatic carboxylic acids is 1. The zero-order chi connectivity index (χ0) is 21.9. The van der Waals surface area contributed by atoms with E-state index in [1.54, 1.807) is 24.3 Å². The number of esters is 1. The summed E-state index contributed by atoms with van der Waals surface area (Å²) in [6.07, 6.45) is -0.409. The highest BCUT2D eigenvalue weighted by Gasteiger charge is 2.22. The van der Waals surface area contributed by atoms with Crippen molar-refractivity contribution in [3.63, 3.8) is 0 Å². The lowest BCUT2D eigenvalue weighted by molar-refractivity contribution is -0.148. The van der Waals surface area contributed by atoms with Gasteiger partial charge >= 0.3 is 11.9 Å². The van der Waals surface area contributed by atoms with Crippen molar-refractivity contribution in [2.24, 2.45) is 0 Å². The van der Waals surface area contributed by atoms with Gasteiger partial charge in [0.15, 0.2) is 12.7 Å². The fourth-order valence-corrected chi connectivity index (χ4v) is 2.78. The molecule has 8 nitrogen and oxygen atoms in total. The van der Waals surface area contributed by atoms with Crippen LogP contribution < -0.4 is 10.1 Å². The summed E-state index contributed by atoms with van der Waals surface area (Å²) in [6.45, 7) is -0.280. The maximum Gasteiger partial charge on any atom is 0.333 e. The molecule has 0 aliphatic rings. The van der Waals surface area contributed by atoms with Crippen molar-refractivity contribution in [1.29, 1.82) is 0 Å². The van der Waals surface area contributed by atoms with Gasteiger partial charge in [-0.05, 0) is 23.3 Å². The van der Waals surface area contributed by atoms with E-state index in [2.05, 4.69) is 5.32 Å². The van der Waals surface area contributed by atoms with Crippen molar-refractivity contribution < 1.29 is 33.7 Å². The summed E-state index contributed by atoms with van der Waals surface area (Å²) in [5.41, 5.74) is 1.65. The lowest BCUT2D eigenvalue weighted by Gasteiger charge is -2.17. The number of methoxy groups -OCH3 is 2. The maximum atomic E-state index is 12.2. The van der Waals surface area contributed by atoms with Crippen LogP contribution in [0.4, 0.5) is 0 Å². The number of carboxylic acid groups (broad SMARTS) is 1. The lowest BCUT2D eigenvalue weighted by atomic mass is 10.1. The predicted molar refractivity (Wildman–Crippen MR) is 108 cm³/mol. The molecule has 0 heterocycles. The molecule has 2 aromatic rings. The van der Waals surface area contributed by atoms with Gasteiger partial charge in [0.2, 0.25) is 0 Å². The van der Waals surface area contributed by atoms with Gasteiger partial charge in [0.25, 0.3) is 5.91 Å². The quantitative estimate of drug-likeness (QED) is 0.536. The molecule has 0 radical (unpaired) electrons. The zero-order valence-electron chi connectivity index (χ0n) is 16.9. The van der Waals surface area contributed by atoms with Gasteiger partial charge in [-0.2, -0.15) is 0 Å². The van der Waals surface area contributed by atoms with E-state index in [-0.39, 0.29) is 13.0 Å². The summed E-state index contributed by atoms with van der Waals surface area (Å²) in [5.74, 6) is -1.60.